The molecule has 0 saturated carbocycles. The van der Waals surface area contributed by atoms with E-state index in [0.29, 0.717) is 17.1 Å². The van der Waals surface area contributed by atoms with Crippen LogP contribution in [0, 0.1) is 0 Å². The molecule has 8 nitrogen and oxygen atoms in total. The number of halogens is 3. The fourth-order valence-corrected chi connectivity index (χ4v) is 4.45. The maximum atomic E-state index is 13.8. The Morgan fingerprint density at radius 2 is 2.16 bits per heavy atom. The summed E-state index contributed by atoms with van der Waals surface area (Å²) in [5, 5.41) is 8.90. The maximum absolute atomic E-state index is 13.8. The lowest BCUT2D eigenvalue weighted by molar-refractivity contribution is -0.137. The number of hydrogen-bond acceptors (Lipinski definition) is 7. The summed E-state index contributed by atoms with van der Waals surface area (Å²) in [6.07, 6.45) is 2.42. The zero-order valence-electron chi connectivity index (χ0n) is 16.6. The van der Waals surface area contributed by atoms with Gasteiger partial charge in [0.15, 0.2) is 5.13 Å². The van der Waals surface area contributed by atoms with Crippen molar-refractivity contribution in [1.29, 1.82) is 0 Å². The molecule has 1 aliphatic heterocycles. The highest BCUT2D eigenvalue weighted by Crippen LogP contribution is 2.38. The lowest BCUT2D eigenvalue weighted by Gasteiger charge is -2.24. The first-order valence-electron chi connectivity index (χ1n) is 9.96. The fraction of sp³-hybridized carbons (Fsp3) is 0.300. The molecule has 0 radical (unpaired) electrons. The normalized spacial score (nSPS) is 17.0. The molecule has 0 aromatic carbocycles. The van der Waals surface area contributed by atoms with Gasteiger partial charge < -0.3 is 15.6 Å². The highest BCUT2D eigenvalue weighted by Gasteiger charge is 2.36. The molecule has 1 saturated heterocycles. The molecule has 1 unspecified atom stereocenters. The van der Waals surface area contributed by atoms with Crippen LogP contribution in [0.4, 0.5) is 19.1 Å². The van der Waals surface area contributed by atoms with Crippen LogP contribution in [0.2, 0.25) is 0 Å². The Hall–Kier alpha value is -3.25. The topological polar surface area (TPSA) is 101 Å². The molecule has 0 bridgehead atoms. The zero-order valence-corrected chi connectivity index (χ0v) is 17.4. The SMILES string of the molecule is O=c1c2[nH]cc(-c3nc(NC4CCCNC4)ncc3C(F)(F)F)c2ccn1-c1nccs1. The van der Waals surface area contributed by atoms with Crippen molar-refractivity contribution in [2.75, 3.05) is 18.4 Å². The number of anilines is 1. The molecule has 166 valence electrons. The van der Waals surface area contributed by atoms with E-state index in [1.807, 2.05) is 0 Å². The number of fused-ring (bicyclic) bond motifs is 1. The van der Waals surface area contributed by atoms with Crippen molar-refractivity contribution in [2.24, 2.45) is 0 Å². The Labute approximate surface area is 183 Å². The van der Waals surface area contributed by atoms with Crippen molar-refractivity contribution < 1.29 is 13.2 Å². The lowest BCUT2D eigenvalue weighted by atomic mass is 10.1. The van der Waals surface area contributed by atoms with Crippen molar-refractivity contribution in [1.82, 2.24) is 29.8 Å². The average Bonchev–Trinajstić information content (AvgIpc) is 3.44. The van der Waals surface area contributed by atoms with Gasteiger partial charge in [-0.25, -0.2) is 15.0 Å². The van der Waals surface area contributed by atoms with Gasteiger partial charge in [0, 0.05) is 53.7 Å². The molecular weight excluding hydrogens is 443 g/mol. The highest BCUT2D eigenvalue weighted by atomic mass is 32.1. The van der Waals surface area contributed by atoms with Gasteiger partial charge in [-0.3, -0.25) is 9.36 Å². The molecule has 1 fully saturated rings. The van der Waals surface area contributed by atoms with Crippen molar-refractivity contribution in [3.8, 4) is 16.4 Å². The first-order valence-corrected chi connectivity index (χ1v) is 10.8. The van der Waals surface area contributed by atoms with Gasteiger partial charge in [-0.2, -0.15) is 13.2 Å². The molecule has 4 aromatic heterocycles. The van der Waals surface area contributed by atoms with Crippen LogP contribution in [0.5, 0.6) is 0 Å². The standard InChI is InChI=1S/C20H18F3N7OS/c21-20(22,23)14-10-27-18(28-11-2-1-4-24-8-11)29-15(14)13-9-26-16-12(13)3-6-30(17(16)31)19-25-5-7-32-19/h3,5-7,9-11,24,26H,1-2,4,8H2,(H,27,28,29). The number of alkyl halides is 3. The maximum Gasteiger partial charge on any atom is 0.419 e. The van der Waals surface area contributed by atoms with Gasteiger partial charge in [0.25, 0.3) is 5.56 Å². The molecule has 4 aromatic rings. The van der Waals surface area contributed by atoms with Crippen LogP contribution in [0.1, 0.15) is 18.4 Å². The van der Waals surface area contributed by atoms with Crippen LogP contribution in [-0.4, -0.2) is 43.6 Å². The lowest BCUT2D eigenvalue weighted by Crippen LogP contribution is -2.38. The molecule has 0 aliphatic carbocycles. The molecule has 0 amide bonds. The van der Waals surface area contributed by atoms with E-state index < -0.39 is 17.3 Å². The van der Waals surface area contributed by atoms with Gasteiger partial charge in [0.2, 0.25) is 5.95 Å². The van der Waals surface area contributed by atoms with Crippen LogP contribution in [-0.2, 0) is 6.18 Å². The molecular formula is C20H18F3N7OS. The molecule has 5 rings (SSSR count). The minimum atomic E-state index is -4.65. The number of rotatable bonds is 4. The Morgan fingerprint density at radius 3 is 2.88 bits per heavy atom. The number of H-pyrrole nitrogens is 1. The van der Waals surface area contributed by atoms with E-state index in [1.165, 1.54) is 28.3 Å². The molecule has 0 spiro atoms. The molecule has 1 atom stereocenters. The molecule has 12 heteroatoms. The summed E-state index contributed by atoms with van der Waals surface area (Å²) >= 11 is 1.28. The third-order valence-corrected chi connectivity index (χ3v) is 6.12. The predicted octanol–water partition coefficient (Wildman–Crippen LogP) is 3.42. The Bertz CT molecular complexity index is 1310. The van der Waals surface area contributed by atoms with E-state index >= 15 is 0 Å². The number of nitrogens with zero attached hydrogens (tertiary/aromatic N) is 4. The van der Waals surface area contributed by atoms with Crippen molar-refractivity contribution in [2.45, 2.75) is 25.1 Å². The van der Waals surface area contributed by atoms with Crippen molar-refractivity contribution in [3.63, 3.8) is 0 Å². The third kappa shape index (κ3) is 3.75. The zero-order chi connectivity index (χ0) is 22.3. The predicted molar refractivity (Wildman–Crippen MR) is 115 cm³/mol. The van der Waals surface area contributed by atoms with Crippen molar-refractivity contribution >= 4 is 28.2 Å². The molecule has 3 N–H and O–H groups in total. The Balaban J connectivity index is 1.61. The number of aromatic nitrogens is 5. The van der Waals surface area contributed by atoms with Crippen LogP contribution in [0.25, 0.3) is 27.3 Å². The van der Waals surface area contributed by atoms with Gasteiger partial charge in [0.05, 0.1) is 5.69 Å². The second-order valence-electron chi connectivity index (χ2n) is 7.44. The number of piperidine rings is 1. The average molecular weight is 461 g/mol. The minimum Gasteiger partial charge on any atom is -0.356 e. The smallest absolute Gasteiger partial charge is 0.356 e. The van der Waals surface area contributed by atoms with E-state index in [1.54, 1.807) is 17.6 Å². The summed E-state index contributed by atoms with van der Waals surface area (Å²) in [6.45, 7) is 1.59. The Kier molecular flexibility index (Phi) is 5.18. The molecule has 5 heterocycles. The number of thiazole rings is 1. The van der Waals surface area contributed by atoms with Gasteiger partial charge >= 0.3 is 6.18 Å². The molecule has 1 aliphatic rings. The molecule has 32 heavy (non-hydrogen) atoms. The van der Waals surface area contributed by atoms with Crippen LogP contribution in [0.15, 0.2) is 41.0 Å². The second kappa shape index (κ2) is 8.02. The highest BCUT2D eigenvalue weighted by molar-refractivity contribution is 7.12. The Morgan fingerprint density at radius 1 is 1.28 bits per heavy atom. The van der Waals surface area contributed by atoms with E-state index in [9.17, 15) is 18.0 Å². The first-order chi connectivity index (χ1) is 15.4. The second-order valence-corrected chi connectivity index (χ2v) is 8.31. The van der Waals surface area contributed by atoms with Crippen LogP contribution >= 0.6 is 11.3 Å². The quantitative estimate of drug-likeness (QED) is 0.431. The van der Waals surface area contributed by atoms with E-state index in [-0.39, 0.29) is 28.8 Å². The van der Waals surface area contributed by atoms with Crippen LogP contribution < -0.4 is 16.2 Å². The fourth-order valence-electron chi connectivity index (χ4n) is 3.82. The van der Waals surface area contributed by atoms with Gasteiger partial charge in [-0.15, -0.1) is 11.3 Å². The summed E-state index contributed by atoms with van der Waals surface area (Å²) in [4.78, 5) is 28.0. The number of hydrogen-bond donors (Lipinski definition) is 3. The van der Waals surface area contributed by atoms with Crippen molar-refractivity contribution in [3.05, 3.63) is 52.2 Å². The number of nitrogens with one attached hydrogen (secondary N) is 3. The van der Waals surface area contributed by atoms with E-state index in [0.717, 1.165) is 25.6 Å². The number of aromatic amines is 1. The van der Waals surface area contributed by atoms with Gasteiger partial charge in [0.1, 0.15) is 11.1 Å². The monoisotopic (exact) mass is 461 g/mol. The third-order valence-electron chi connectivity index (χ3n) is 5.35. The minimum absolute atomic E-state index is 0.0294. The van der Waals surface area contributed by atoms with E-state index in [4.69, 9.17) is 0 Å². The summed E-state index contributed by atoms with van der Waals surface area (Å²) in [6, 6.07) is 1.62. The van der Waals surface area contributed by atoms with Gasteiger partial charge in [-0.1, -0.05) is 0 Å². The van der Waals surface area contributed by atoms with Gasteiger partial charge in [-0.05, 0) is 25.5 Å². The first kappa shape index (κ1) is 20.6. The van der Waals surface area contributed by atoms with Crippen LogP contribution in [0.3, 0.4) is 0 Å². The number of pyridine rings is 1. The summed E-state index contributed by atoms with van der Waals surface area (Å²) in [5.74, 6) is 0.118. The van der Waals surface area contributed by atoms with E-state index in [2.05, 4.69) is 30.6 Å². The summed E-state index contributed by atoms with van der Waals surface area (Å²) < 4.78 is 42.6. The summed E-state index contributed by atoms with van der Waals surface area (Å²) in [7, 11) is 0. The summed E-state index contributed by atoms with van der Waals surface area (Å²) in [5.41, 5.74) is -1.29. The largest absolute Gasteiger partial charge is 0.419 e.